The number of carboxylic acid groups (broad SMARTS) is 1. The Morgan fingerprint density at radius 3 is 2.94 bits per heavy atom. The number of carbonyl (C=O) groups is 3. The van der Waals surface area contributed by atoms with Crippen LogP contribution in [0.3, 0.4) is 0 Å². The Kier molecular flexibility index (Phi) is 7.39. The molecular formula is C17H19FN10O5S2. The van der Waals surface area contributed by atoms with Crippen molar-refractivity contribution in [3.63, 3.8) is 0 Å². The second-order valence-electron chi connectivity index (χ2n) is 7.05. The van der Waals surface area contributed by atoms with Gasteiger partial charge in [-0.2, -0.15) is 14.5 Å². The maximum absolute atomic E-state index is 12.8. The third-order valence-corrected chi connectivity index (χ3v) is 6.69. The number of nitrogen functional groups attached to an aromatic ring is 1. The Labute approximate surface area is 204 Å². The van der Waals surface area contributed by atoms with Gasteiger partial charge in [-0.15, -0.1) is 11.8 Å². The van der Waals surface area contributed by atoms with Crippen molar-refractivity contribution in [1.29, 1.82) is 0 Å². The number of halogens is 1. The molecule has 0 radical (unpaired) electrons. The monoisotopic (exact) mass is 526 g/mol. The number of fused-ring (bicyclic) bond motifs is 1. The van der Waals surface area contributed by atoms with Crippen LogP contribution in [0, 0.1) is 0 Å². The van der Waals surface area contributed by atoms with E-state index in [2.05, 4.69) is 45.5 Å². The molecule has 0 aromatic carbocycles. The van der Waals surface area contributed by atoms with Crippen molar-refractivity contribution in [2.75, 3.05) is 31.4 Å². The molecule has 18 heteroatoms. The molecule has 2 amide bonds. The summed E-state index contributed by atoms with van der Waals surface area (Å²) in [6, 6.07) is -1.06. The highest BCUT2D eigenvalue weighted by molar-refractivity contribution is 8.00. The van der Waals surface area contributed by atoms with Crippen LogP contribution in [0.25, 0.3) is 0 Å². The smallest absolute Gasteiger partial charge is 0.353 e. The predicted molar refractivity (Wildman–Crippen MR) is 124 cm³/mol. The molecule has 1 aromatic heterocycles. The molecule has 0 spiro atoms. The molecule has 1 aromatic rings. The van der Waals surface area contributed by atoms with Crippen molar-refractivity contribution in [1.82, 2.24) is 30.3 Å². The molecule has 0 bridgehead atoms. The first-order valence-electron chi connectivity index (χ1n) is 10.1. The minimum Gasteiger partial charge on any atom is -0.477 e. The van der Waals surface area contributed by atoms with Crippen molar-refractivity contribution < 1.29 is 28.7 Å². The highest BCUT2D eigenvalue weighted by Gasteiger charge is 2.54. The zero-order chi connectivity index (χ0) is 24.9. The van der Waals surface area contributed by atoms with Gasteiger partial charge in [0.15, 0.2) is 5.13 Å². The van der Waals surface area contributed by atoms with Crippen LogP contribution in [0.5, 0.6) is 0 Å². The molecule has 15 nitrogen and oxygen atoms in total. The summed E-state index contributed by atoms with van der Waals surface area (Å²) < 4.78 is 16.3. The van der Waals surface area contributed by atoms with Crippen LogP contribution < -0.4 is 21.8 Å². The normalized spacial score (nSPS) is 22.2. The van der Waals surface area contributed by atoms with E-state index in [9.17, 15) is 23.9 Å². The minimum absolute atomic E-state index is 0.0424. The molecule has 3 aliphatic rings. The zero-order valence-electron chi connectivity index (χ0n) is 17.8. The number of nitrogens with zero attached hydrogens (tertiary/aromatic N) is 6. The number of hydrazone groups is 1. The largest absolute Gasteiger partial charge is 0.477 e. The summed E-state index contributed by atoms with van der Waals surface area (Å²) in [5.74, 6) is -2.39. The first-order valence-corrected chi connectivity index (χ1v) is 11.9. The van der Waals surface area contributed by atoms with Gasteiger partial charge in [0.05, 0.1) is 6.21 Å². The molecule has 0 aliphatic carbocycles. The number of aliphatic carboxylic acids is 1. The lowest BCUT2D eigenvalue weighted by Gasteiger charge is -2.49. The lowest BCUT2D eigenvalue weighted by molar-refractivity contribution is -0.150. The van der Waals surface area contributed by atoms with Gasteiger partial charge in [0.25, 0.3) is 18.7 Å². The third-order valence-electron chi connectivity index (χ3n) is 4.85. The first kappa shape index (κ1) is 24.3. The number of hydrogen-bond acceptors (Lipinski definition) is 14. The van der Waals surface area contributed by atoms with Crippen LogP contribution in [-0.4, -0.2) is 92.2 Å². The number of nitrogens with two attached hydrogens (primary N) is 1. The van der Waals surface area contributed by atoms with E-state index >= 15 is 0 Å². The van der Waals surface area contributed by atoms with Gasteiger partial charge in [-0.1, -0.05) is 5.16 Å². The number of anilines is 1. The summed E-state index contributed by atoms with van der Waals surface area (Å²) in [6.07, 6.45) is 2.22. The van der Waals surface area contributed by atoms with E-state index in [-0.39, 0.29) is 22.4 Å². The number of alkyl halides is 1. The molecule has 0 saturated carbocycles. The average Bonchev–Trinajstić information content (AvgIpc) is 3.28. The SMILES string of the molecule is Nc1nc(C(=NOCF)C(=O)NC2C(=O)N3C(C(=O)O)=C(C=NNC4=NCCCN4)CSC23)ns1. The number of rotatable bonds is 8. The number of carboxylic acids is 1. The third kappa shape index (κ3) is 5.16. The van der Waals surface area contributed by atoms with Gasteiger partial charge in [-0.25, -0.2) is 14.6 Å². The lowest BCUT2D eigenvalue weighted by Crippen LogP contribution is -2.71. The van der Waals surface area contributed by atoms with E-state index in [0.717, 1.165) is 29.4 Å². The number of guanidine groups is 1. The maximum Gasteiger partial charge on any atom is 0.353 e. The average molecular weight is 527 g/mol. The van der Waals surface area contributed by atoms with Gasteiger partial charge < -0.3 is 26.3 Å². The molecule has 186 valence electrons. The number of amides is 2. The quantitative estimate of drug-likeness (QED) is 0.148. The fraction of sp³-hybridized carbons (Fsp3) is 0.412. The molecular weight excluding hydrogens is 507 g/mol. The van der Waals surface area contributed by atoms with Gasteiger partial charge in [0.2, 0.25) is 17.5 Å². The lowest BCUT2D eigenvalue weighted by atomic mass is 10.0. The van der Waals surface area contributed by atoms with E-state index in [1.54, 1.807) is 0 Å². The number of β-lactam (4-membered cyclic amide) rings is 1. The minimum atomic E-state index is -1.32. The second kappa shape index (κ2) is 10.6. The number of oxime groups is 1. The highest BCUT2D eigenvalue weighted by Crippen LogP contribution is 2.39. The van der Waals surface area contributed by atoms with E-state index in [1.165, 1.54) is 18.0 Å². The summed E-state index contributed by atoms with van der Waals surface area (Å²) in [5, 5.41) is 22.0. The van der Waals surface area contributed by atoms with Gasteiger partial charge in [-0.3, -0.25) is 19.5 Å². The Balaban J connectivity index is 1.47. The fourth-order valence-corrected chi connectivity index (χ4v) is 5.07. The first-order chi connectivity index (χ1) is 16.9. The van der Waals surface area contributed by atoms with Crippen molar-refractivity contribution in [3.05, 3.63) is 17.1 Å². The molecule has 2 atom stereocenters. The van der Waals surface area contributed by atoms with Crippen molar-refractivity contribution >= 4 is 64.1 Å². The standard InChI is InChI=1S/C17H19FN10O5S2/c18-6-33-26-8(11-24-16(19)35-27-11)12(29)23-9-13(30)28-10(15(31)32)7(5-34-14(9)28)4-22-25-17-20-2-1-3-21-17/h4,9,14H,1-3,5-6H2,(H,23,29)(H,31,32)(H2,19,24,27)(H2,20,21,25). The molecule has 1 saturated heterocycles. The van der Waals surface area contributed by atoms with Gasteiger partial charge in [0, 0.05) is 35.9 Å². The number of carbonyl (C=O) groups excluding carboxylic acids is 2. The number of hydrogen-bond donors (Lipinski definition) is 5. The van der Waals surface area contributed by atoms with Crippen LogP contribution in [0.4, 0.5) is 9.52 Å². The van der Waals surface area contributed by atoms with Crippen LogP contribution in [0.2, 0.25) is 0 Å². The second-order valence-corrected chi connectivity index (χ2v) is 8.94. The van der Waals surface area contributed by atoms with Gasteiger partial charge >= 0.3 is 5.97 Å². The van der Waals surface area contributed by atoms with Crippen LogP contribution in [0.15, 0.2) is 26.5 Å². The van der Waals surface area contributed by atoms with E-state index in [0.29, 0.717) is 18.1 Å². The van der Waals surface area contributed by atoms with E-state index in [1.807, 2.05) is 0 Å². The topological polar surface area (TPSA) is 209 Å². The van der Waals surface area contributed by atoms with Crippen molar-refractivity contribution in [2.24, 2.45) is 15.2 Å². The summed E-state index contributed by atoms with van der Waals surface area (Å²) in [4.78, 5) is 50.9. The Morgan fingerprint density at radius 1 is 1.46 bits per heavy atom. The van der Waals surface area contributed by atoms with Crippen LogP contribution in [-0.2, 0) is 19.2 Å². The van der Waals surface area contributed by atoms with Crippen LogP contribution in [0.1, 0.15) is 12.2 Å². The highest BCUT2D eigenvalue weighted by atomic mass is 32.2. The maximum atomic E-state index is 12.8. The van der Waals surface area contributed by atoms with Gasteiger partial charge in [-0.05, 0) is 6.42 Å². The van der Waals surface area contributed by atoms with Crippen LogP contribution >= 0.6 is 23.3 Å². The molecule has 1 fully saturated rings. The van der Waals surface area contributed by atoms with Crippen molar-refractivity contribution in [2.45, 2.75) is 17.8 Å². The Bertz CT molecular complexity index is 1150. The Morgan fingerprint density at radius 2 is 2.29 bits per heavy atom. The van der Waals surface area contributed by atoms with E-state index in [4.69, 9.17) is 5.73 Å². The van der Waals surface area contributed by atoms with Gasteiger partial charge in [0.1, 0.15) is 17.1 Å². The molecule has 2 unspecified atom stereocenters. The fourth-order valence-electron chi connectivity index (χ4n) is 3.33. The number of thioether (sulfide) groups is 1. The summed E-state index contributed by atoms with van der Waals surface area (Å²) in [5.41, 5.74) is 7.82. The summed E-state index contributed by atoms with van der Waals surface area (Å²) >= 11 is 2.02. The van der Waals surface area contributed by atoms with E-state index < -0.39 is 41.8 Å². The Hall–Kier alpha value is -3.80. The zero-order valence-corrected chi connectivity index (χ0v) is 19.4. The summed E-state index contributed by atoms with van der Waals surface area (Å²) in [6.45, 7) is 0.0923. The summed E-state index contributed by atoms with van der Waals surface area (Å²) in [7, 11) is 0. The molecule has 4 heterocycles. The molecule has 3 aliphatic heterocycles. The number of aromatic nitrogens is 2. The number of nitrogens with one attached hydrogen (secondary N) is 3. The molecule has 6 N–H and O–H groups in total. The number of aliphatic imine (C=N–C) groups is 1. The molecule has 35 heavy (non-hydrogen) atoms. The predicted octanol–water partition coefficient (Wildman–Crippen LogP) is -1.57. The van der Waals surface area contributed by atoms with Crippen molar-refractivity contribution in [3.8, 4) is 0 Å². The molecule has 4 rings (SSSR count).